The third-order valence-electron chi connectivity index (χ3n) is 4.23. The first-order valence-corrected chi connectivity index (χ1v) is 9.57. The zero-order valence-electron chi connectivity index (χ0n) is 16.9. The number of carbonyl (C=O) groups is 4. The average Bonchev–Trinajstić information content (AvgIpc) is 3.05. The molecule has 2 rings (SSSR count). The predicted octanol–water partition coefficient (Wildman–Crippen LogP) is 1.63. The molecule has 29 heavy (non-hydrogen) atoms. The van der Waals surface area contributed by atoms with Crippen LogP contribution in [0.1, 0.15) is 39.2 Å². The lowest BCUT2D eigenvalue weighted by atomic mass is 10.1. The molecule has 0 radical (unpaired) electrons. The summed E-state index contributed by atoms with van der Waals surface area (Å²) in [4.78, 5) is 50.8. The van der Waals surface area contributed by atoms with Crippen molar-refractivity contribution < 1.29 is 23.9 Å². The molecule has 3 N–H and O–H groups in total. The molecule has 8 heteroatoms. The first-order valence-electron chi connectivity index (χ1n) is 9.57. The minimum Gasteiger partial charge on any atom is -0.461 e. The van der Waals surface area contributed by atoms with Gasteiger partial charge in [0.25, 0.3) is 0 Å². The second-order valence-corrected chi connectivity index (χ2v) is 7.16. The van der Waals surface area contributed by atoms with E-state index >= 15 is 0 Å². The second-order valence-electron chi connectivity index (χ2n) is 7.16. The molecule has 0 aliphatic heterocycles. The molecule has 0 saturated heterocycles. The molecular weight excluding hydrogens is 374 g/mol. The van der Waals surface area contributed by atoms with Crippen molar-refractivity contribution in [3.05, 3.63) is 36.0 Å². The number of ether oxygens (including phenoxy) is 1. The van der Waals surface area contributed by atoms with Gasteiger partial charge in [-0.05, 0) is 38.8 Å². The third-order valence-corrected chi connectivity index (χ3v) is 4.23. The van der Waals surface area contributed by atoms with E-state index in [4.69, 9.17) is 4.74 Å². The number of rotatable bonds is 10. The number of para-hydroxylation sites is 1. The fourth-order valence-corrected chi connectivity index (χ4v) is 2.85. The van der Waals surface area contributed by atoms with Crippen LogP contribution < -0.4 is 10.6 Å². The van der Waals surface area contributed by atoms with Gasteiger partial charge < -0.3 is 25.1 Å². The lowest BCUT2D eigenvalue weighted by Gasteiger charge is -2.19. The molecule has 1 aromatic carbocycles. The number of aromatic nitrogens is 1. The Kier molecular flexibility index (Phi) is 7.94. The van der Waals surface area contributed by atoms with E-state index in [9.17, 15) is 19.2 Å². The van der Waals surface area contributed by atoms with Gasteiger partial charge in [0, 0.05) is 23.5 Å². The van der Waals surface area contributed by atoms with Gasteiger partial charge in [-0.1, -0.05) is 18.2 Å². The molecule has 0 saturated carbocycles. The summed E-state index contributed by atoms with van der Waals surface area (Å²) in [7, 11) is 0. The van der Waals surface area contributed by atoms with Crippen molar-refractivity contribution in [1.82, 2.24) is 15.6 Å². The lowest BCUT2D eigenvalue weighted by molar-refractivity contribution is -0.151. The summed E-state index contributed by atoms with van der Waals surface area (Å²) in [5.41, 5.74) is 1.77. The molecule has 2 amide bonds. The molecule has 156 valence electrons. The highest BCUT2D eigenvalue weighted by Crippen LogP contribution is 2.17. The maximum atomic E-state index is 12.2. The number of ketones is 1. The quantitative estimate of drug-likeness (QED) is 0.523. The van der Waals surface area contributed by atoms with Crippen molar-refractivity contribution in [2.45, 2.75) is 52.2 Å². The fraction of sp³-hybridized carbons (Fsp3) is 0.429. The normalized spacial score (nSPS) is 11.9. The molecule has 8 nitrogen and oxygen atoms in total. The van der Waals surface area contributed by atoms with Gasteiger partial charge in [-0.2, -0.15) is 0 Å². The van der Waals surface area contributed by atoms with Crippen LogP contribution in [0.25, 0.3) is 10.9 Å². The van der Waals surface area contributed by atoms with E-state index in [1.54, 1.807) is 20.0 Å². The van der Waals surface area contributed by atoms with Crippen LogP contribution in [-0.2, 0) is 30.3 Å². The summed E-state index contributed by atoms with van der Waals surface area (Å²) in [6.07, 6.45) is 1.85. The minimum absolute atomic E-state index is 0.0892. The molecular formula is C21H27N3O5. The van der Waals surface area contributed by atoms with Crippen LogP contribution in [0, 0.1) is 0 Å². The van der Waals surface area contributed by atoms with Gasteiger partial charge in [-0.3, -0.25) is 9.59 Å². The van der Waals surface area contributed by atoms with Crippen LogP contribution in [0.4, 0.5) is 0 Å². The number of carbonyl (C=O) groups excluding carboxylic acids is 4. The molecule has 0 bridgehead atoms. The molecule has 2 aromatic rings. The highest BCUT2D eigenvalue weighted by atomic mass is 16.5. The number of amides is 2. The van der Waals surface area contributed by atoms with Crippen LogP contribution in [0.15, 0.2) is 30.5 Å². The van der Waals surface area contributed by atoms with E-state index in [2.05, 4.69) is 15.6 Å². The molecule has 1 aromatic heterocycles. The maximum absolute atomic E-state index is 12.2. The van der Waals surface area contributed by atoms with Gasteiger partial charge in [-0.15, -0.1) is 0 Å². The van der Waals surface area contributed by atoms with Gasteiger partial charge in [0.05, 0.1) is 19.1 Å². The molecule has 0 aliphatic rings. The van der Waals surface area contributed by atoms with E-state index < -0.39 is 17.9 Å². The summed E-state index contributed by atoms with van der Waals surface area (Å²) in [6.45, 7) is 4.55. The maximum Gasteiger partial charge on any atom is 0.328 e. The van der Waals surface area contributed by atoms with Crippen molar-refractivity contribution >= 4 is 34.5 Å². The topological polar surface area (TPSA) is 117 Å². The first kappa shape index (κ1) is 22.1. The van der Waals surface area contributed by atoms with Crippen molar-refractivity contribution in [3.63, 3.8) is 0 Å². The fourth-order valence-electron chi connectivity index (χ4n) is 2.85. The number of nitrogens with one attached hydrogen (secondary N) is 3. The van der Waals surface area contributed by atoms with Crippen molar-refractivity contribution in [3.8, 4) is 0 Å². The molecule has 1 heterocycles. The van der Waals surface area contributed by atoms with Crippen LogP contribution in [0.5, 0.6) is 0 Å². The molecule has 1 atom stereocenters. The smallest absolute Gasteiger partial charge is 0.328 e. The Balaban J connectivity index is 1.87. The van der Waals surface area contributed by atoms with E-state index in [1.807, 2.05) is 24.3 Å². The minimum atomic E-state index is -0.931. The summed E-state index contributed by atoms with van der Waals surface area (Å²) < 4.78 is 5.13. The first-order chi connectivity index (χ1) is 13.8. The molecule has 0 spiro atoms. The summed E-state index contributed by atoms with van der Waals surface area (Å²) in [5, 5.41) is 6.04. The Labute approximate surface area is 169 Å². The van der Waals surface area contributed by atoms with E-state index in [1.165, 1.54) is 6.92 Å². The zero-order chi connectivity index (χ0) is 21.4. The van der Waals surface area contributed by atoms with Gasteiger partial charge in [0.1, 0.15) is 11.8 Å². The van der Waals surface area contributed by atoms with E-state index in [0.29, 0.717) is 0 Å². The van der Waals surface area contributed by atoms with Crippen molar-refractivity contribution in [2.75, 3.05) is 6.54 Å². The van der Waals surface area contributed by atoms with Crippen molar-refractivity contribution in [1.29, 1.82) is 0 Å². The van der Waals surface area contributed by atoms with Crippen LogP contribution in [-0.4, -0.2) is 47.2 Å². The highest BCUT2D eigenvalue weighted by molar-refractivity contribution is 5.91. The number of H-pyrrole nitrogens is 1. The van der Waals surface area contributed by atoms with Crippen LogP contribution in [0.2, 0.25) is 0 Å². The number of fused-ring (bicyclic) bond motifs is 1. The molecule has 0 fully saturated rings. The zero-order valence-corrected chi connectivity index (χ0v) is 16.9. The van der Waals surface area contributed by atoms with Crippen LogP contribution >= 0.6 is 0 Å². The van der Waals surface area contributed by atoms with Gasteiger partial charge in [0.2, 0.25) is 11.8 Å². The Morgan fingerprint density at radius 2 is 1.83 bits per heavy atom. The highest BCUT2D eigenvalue weighted by Gasteiger charge is 2.23. The number of benzene rings is 1. The van der Waals surface area contributed by atoms with Gasteiger partial charge in [0.15, 0.2) is 0 Å². The Bertz CT molecular complexity index is 887. The average molecular weight is 401 g/mol. The van der Waals surface area contributed by atoms with Gasteiger partial charge in [-0.25, -0.2) is 4.79 Å². The number of aromatic amines is 1. The Hall–Kier alpha value is -3.16. The monoisotopic (exact) mass is 401 g/mol. The Morgan fingerprint density at radius 1 is 1.10 bits per heavy atom. The summed E-state index contributed by atoms with van der Waals surface area (Å²) >= 11 is 0. The standard InChI is InChI=1S/C21H27N3O5/c1-13(2)29-21(28)18(9-8-14(3)25)24-20(27)12-23-19(26)10-15-11-22-17-7-5-4-6-16(15)17/h4-7,11,13,18,22H,8-10,12H2,1-3H3,(H,23,26)(H,24,27). The SMILES string of the molecule is CC(=O)CCC(NC(=O)CNC(=O)Cc1c[nH]c2ccccc12)C(=O)OC(C)C. The Morgan fingerprint density at radius 3 is 2.52 bits per heavy atom. The largest absolute Gasteiger partial charge is 0.461 e. The van der Waals surface area contributed by atoms with Crippen molar-refractivity contribution in [2.24, 2.45) is 0 Å². The van der Waals surface area contributed by atoms with Gasteiger partial charge >= 0.3 is 5.97 Å². The summed E-state index contributed by atoms with van der Waals surface area (Å²) in [5.74, 6) is -1.52. The number of Topliss-reactive ketones (excluding diaryl/α,β-unsaturated/α-hetero) is 1. The number of hydrogen-bond donors (Lipinski definition) is 3. The number of hydrogen-bond acceptors (Lipinski definition) is 5. The number of esters is 1. The summed E-state index contributed by atoms with van der Waals surface area (Å²) in [6, 6.07) is 6.70. The van der Waals surface area contributed by atoms with E-state index in [0.717, 1.165) is 16.5 Å². The predicted molar refractivity (Wildman–Crippen MR) is 108 cm³/mol. The molecule has 0 aliphatic carbocycles. The third kappa shape index (κ3) is 7.06. The van der Waals surface area contributed by atoms with E-state index in [-0.39, 0.29) is 43.6 Å². The second kappa shape index (κ2) is 10.4. The van der Waals surface area contributed by atoms with Crippen LogP contribution in [0.3, 0.4) is 0 Å². The lowest BCUT2D eigenvalue weighted by Crippen LogP contribution is -2.47. The molecule has 1 unspecified atom stereocenters.